The molecule has 0 amide bonds. The third kappa shape index (κ3) is 2.20. The number of benzene rings is 1. The van der Waals surface area contributed by atoms with Crippen molar-refractivity contribution in [2.24, 2.45) is 5.41 Å². The van der Waals surface area contributed by atoms with E-state index in [1.54, 1.807) is 11.1 Å². The largest absolute Gasteiger partial charge is 0.0921 e. The number of halogens is 1. The average molecular weight is 281 g/mol. The third-order valence-corrected chi connectivity index (χ3v) is 4.63. The molecule has 16 heavy (non-hydrogen) atoms. The number of hydrogen-bond donors (Lipinski definition) is 0. The maximum Gasteiger partial charge on any atom is 0.0100 e. The average Bonchev–Trinajstić information content (AvgIpc) is 2.26. The fraction of sp³-hybridized carbons (Fsp3) is 0.600. The summed E-state index contributed by atoms with van der Waals surface area (Å²) in [6.07, 6.45) is 2.65. The normalized spacial score (nSPS) is 25.2. The zero-order chi connectivity index (χ0) is 11.8. The first-order valence-electron chi connectivity index (χ1n) is 6.19. The Kier molecular flexibility index (Phi) is 3.44. The monoisotopic (exact) mass is 280 g/mol. The third-order valence-electron chi connectivity index (χ3n) is 3.85. The molecule has 0 spiro atoms. The first kappa shape index (κ1) is 12.2. The summed E-state index contributed by atoms with van der Waals surface area (Å²) in [5.41, 5.74) is 3.55. The van der Waals surface area contributed by atoms with E-state index in [2.05, 4.69) is 61.0 Å². The molecule has 0 radical (unpaired) electrons. The van der Waals surface area contributed by atoms with Gasteiger partial charge in [0.1, 0.15) is 0 Å². The van der Waals surface area contributed by atoms with Crippen LogP contribution in [-0.2, 0) is 0 Å². The standard InChI is InChI=1S/C15H21Br/c1-15(2,3)14-9-8-11(10-16)12-6-4-5-7-13(12)14/h4-7,11,14H,8-10H2,1-3H3. The second-order valence-electron chi connectivity index (χ2n) is 5.98. The maximum atomic E-state index is 3.65. The highest BCUT2D eigenvalue weighted by molar-refractivity contribution is 9.09. The number of fused-ring (bicyclic) bond motifs is 1. The summed E-state index contributed by atoms with van der Waals surface area (Å²) in [6, 6.07) is 9.02. The van der Waals surface area contributed by atoms with Crippen LogP contribution in [0.4, 0.5) is 0 Å². The van der Waals surface area contributed by atoms with Gasteiger partial charge in [0, 0.05) is 5.33 Å². The molecular formula is C15H21Br. The van der Waals surface area contributed by atoms with E-state index in [1.807, 2.05) is 0 Å². The highest BCUT2D eigenvalue weighted by atomic mass is 79.9. The summed E-state index contributed by atoms with van der Waals surface area (Å²) in [5, 5.41) is 1.10. The van der Waals surface area contributed by atoms with E-state index < -0.39 is 0 Å². The lowest BCUT2D eigenvalue weighted by molar-refractivity contribution is 0.282. The molecule has 0 aromatic heterocycles. The second kappa shape index (κ2) is 4.52. The Morgan fingerprint density at radius 1 is 1.12 bits per heavy atom. The molecule has 2 rings (SSSR count). The van der Waals surface area contributed by atoms with Crippen molar-refractivity contribution in [3.05, 3.63) is 35.4 Å². The second-order valence-corrected chi connectivity index (χ2v) is 6.62. The van der Waals surface area contributed by atoms with Gasteiger partial charge in [0.05, 0.1) is 0 Å². The van der Waals surface area contributed by atoms with Gasteiger partial charge in [-0.05, 0) is 41.2 Å². The Balaban J connectivity index is 2.43. The molecule has 0 heterocycles. The molecular weight excluding hydrogens is 260 g/mol. The Bertz CT molecular complexity index is 362. The molecule has 0 saturated carbocycles. The summed E-state index contributed by atoms with van der Waals surface area (Å²) in [6.45, 7) is 7.09. The summed E-state index contributed by atoms with van der Waals surface area (Å²) in [4.78, 5) is 0. The lowest BCUT2D eigenvalue weighted by Crippen LogP contribution is -2.25. The van der Waals surface area contributed by atoms with Crippen LogP contribution < -0.4 is 0 Å². The van der Waals surface area contributed by atoms with E-state index in [1.165, 1.54) is 12.8 Å². The van der Waals surface area contributed by atoms with Gasteiger partial charge in [-0.25, -0.2) is 0 Å². The highest BCUT2D eigenvalue weighted by Crippen LogP contribution is 2.47. The fourth-order valence-corrected chi connectivity index (χ4v) is 3.61. The van der Waals surface area contributed by atoms with Crippen LogP contribution in [0.3, 0.4) is 0 Å². The topological polar surface area (TPSA) is 0 Å². The smallest absolute Gasteiger partial charge is 0.0100 e. The molecule has 88 valence electrons. The summed E-state index contributed by atoms with van der Waals surface area (Å²) < 4.78 is 0. The van der Waals surface area contributed by atoms with Gasteiger partial charge in [0.25, 0.3) is 0 Å². The first-order chi connectivity index (χ1) is 7.54. The van der Waals surface area contributed by atoms with E-state index in [0.717, 1.165) is 17.2 Å². The van der Waals surface area contributed by atoms with Gasteiger partial charge < -0.3 is 0 Å². The lowest BCUT2D eigenvalue weighted by Gasteiger charge is -2.38. The van der Waals surface area contributed by atoms with Crippen LogP contribution in [0.15, 0.2) is 24.3 Å². The van der Waals surface area contributed by atoms with Gasteiger partial charge >= 0.3 is 0 Å². The van der Waals surface area contributed by atoms with Crippen LogP contribution in [0, 0.1) is 5.41 Å². The molecule has 1 aliphatic carbocycles. The molecule has 0 saturated heterocycles. The minimum Gasteiger partial charge on any atom is -0.0921 e. The number of rotatable bonds is 1. The van der Waals surface area contributed by atoms with E-state index in [4.69, 9.17) is 0 Å². The number of hydrogen-bond acceptors (Lipinski definition) is 0. The molecule has 1 aromatic carbocycles. The van der Waals surface area contributed by atoms with Crippen molar-refractivity contribution in [2.45, 2.75) is 45.4 Å². The molecule has 0 aliphatic heterocycles. The van der Waals surface area contributed by atoms with Gasteiger partial charge in [0.15, 0.2) is 0 Å². The van der Waals surface area contributed by atoms with E-state index in [-0.39, 0.29) is 0 Å². The molecule has 0 nitrogen and oxygen atoms in total. The Morgan fingerprint density at radius 3 is 2.31 bits per heavy atom. The molecule has 2 unspecified atom stereocenters. The van der Waals surface area contributed by atoms with Crippen molar-refractivity contribution in [1.29, 1.82) is 0 Å². The predicted octanol–water partition coefficient (Wildman–Crippen LogP) is 5.09. The maximum absolute atomic E-state index is 3.65. The van der Waals surface area contributed by atoms with E-state index in [0.29, 0.717) is 5.41 Å². The highest BCUT2D eigenvalue weighted by Gasteiger charge is 2.33. The van der Waals surface area contributed by atoms with Crippen LogP contribution >= 0.6 is 15.9 Å². The van der Waals surface area contributed by atoms with Gasteiger partial charge in [0.2, 0.25) is 0 Å². The Labute approximate surface area is 108 Å². The van der Waals surface area contributed by atoms with E-state index >= 15 is 0 Å². The van der Waals surface area contributed by atoms with Crippen LogP contribution in [-0.4, -0.2) is 5.33 Å². The van der Waals surface area contributed by atoms with Gasteiger partial charge in [-0.3, -0.25) is 0 Å². The summed E-state index contributed by atoms with van der Waals surface area (Å²) in [7, 11) is 0. The number of alkyl halides is 1. The molecule has 0 bridgehead atoms. The SMILES string of the molecule is CC(C)(C)C1CCC(CBr)c2ccccc21. The van der Waals surface area contributed by atoms with Crippen molar-refractivity contribution in [3.8, 4) is 0 Å². The molecule has 1 heteroatoms. The predicted molar refractivity (Wildman–Crippen MR) is 74.4 cm³/mol. The van der Waals surface area contributed by atoms with Crippen LogP contribution in [0.2, 0.25) is 0 Å². The Hall–Kier alpha value is -0.300. The van der Waals surface area contributed by atoms with Crippen LogP contribution in [0.25, 0.3) is 0 Å². The van der Waals surface area contributed by atoms with Crippen LogP contribution in [0.5, 0.6) is 0 Å². The molecule has 2 atom stereocenters. The quantitative estimate of drug-likeness (QED) is 0.629. The molecule has 1 aromatic rings. The van der Waals surface area contributed by atoms with Crippen molar-refractivity contribution < 1.29 is 0 Å². The van der Waals surface area contributed by atoms with Crippen LogP contribution in [0.1, 0.15) is 56.6 Å². The fourth-order valence-electron chi connectivity index (χ4n) is 2.94. The van der Waals surface area contributed by atoms with E-state index in [9.17, 15) is 0 Å². The lowest BCUT2D eigenvalue weighted by atomic mass is 9.67. The van der Waals surface area contributed by atoms with Crippen molar-refractivity contribution >= 4 is 15.9 Å². The molecule has 0 N–H and O–H groups in total. The summed E-state index contributed by atoms with van der Waals surface area (Å²) >= 11 is 3.65. The summed E-state index contributed by atoms with van der Waals surface area (Å²) in [5.74, 6) is 1.44. The van der Waals surface area contributed by atoms with Crippen molar-refractivity contribution in [2.75, 3.05) is 5.33 Å². The molecule has 1 aliphatic rings. The van der Waals surface area contributed by atoms with Gasteiger partial charge in [-0.15, -0.1) is 0 Å². The van der Waals surface area contributed by atoms with Crippen molar-refractivity contribution in [3.63, 3.8) is 0 Å². The Morgan fingerprint density at radius 2 is 1.75 bits per heavy atom. The zero-order valence-electron chi connectivity index (χ0n) is 10.5. The minimum absolute atomic E-state index is 0.382. The van der Waals surface area contributed by atoms with Gasteiger partial charge in [-0.2, -0.15) is 0 Å². The molecule has 0 fully saturated rings. The van der Waals surface area contributed by atoms with Gasteiger partial charge in [-0.1, -0.05) is 61.0 Å². The van der Waals surface area contributed by atoms with Crippen molar-refractivity contribution in [1.82, 2.24) is 0 Å². The zero-order valence-corrected chi connectivity index (χ0v) is 12.0. The first-order valence-corrected chi connectivity index (χ1v) is 7.31. The minimum atomic E-state index is 0.382.